The van der Waals surface area contributed by atoms with E-state index in [1.165, 1.54) is 6.07 Å². The fourth-order valence-electron chi connectivity index (χ4n) is 0.770. The number of aromatic nitrogens is 1. The molecule has 62 valence electrons. The fraction of sp³-hybridized carbons (Fsp3) is 0. The van der Waals surface area contributed by atoms with E-state index in [2.05, 4.69) is 0 Å². The van der Waals surface area contributed by atoms with Crippen LogP contribution in [0.25, 0.3) is 0 Å². The largest absolute Gasteiger partial charge is 0.364 e. The van der Waals surface area contributed by atoms with E-state index in [9.17, 15) is 4.79 Å². The number of amides is 1. The van der Waals surface area contributed by atoms with Crippen molar-refractivity contribution in [2.45, 2.75) is 0 Å². The Hall–Kier alpha value is -1.67. The summed E-state index contributed by atoms with van der Waals surface area (Å²) in [5.74, 6) is 4.59. The van der Waals surface area contributed by atoms with Gasteiger partial charge in [0.05, 0.1) is 5.56 Å². The van der Waals surface area contributed by atoms with E-state index in [-0.39, 0.29) is 16.4 Å². The third kappa shape index (κ3) is 1.08. The topological polar surface area (TPSA) is 97.8 Å². The van der Waals surface area contributed by atoms with Gasteiger partial charge in [0.1, 0.15) is 16.9 Å². The van der Waals surface area contributed by atoms with Crippen molar-refractivity contribution < 1.29 is 4.79 Å². The second-order valence-corrected chi connectivity index (χ2v) is 2.44. The molecule has 0 atom stereocenters. The number of rotatable bonds is 1. The quantitative estimate of drug-likeness (QED) is 0.593. The smallest absolute Gasteiger partial charge is 0.267 e. The van der Waals surface area contributed by atoms with Crippen LogP contribution in [0.1, 0.15) is 16.1 Å². The summed E-state index contributed by atoms with van der Waals surface area (Å²) in [6.45, 7) is 0. The van der Waals surface area contributed by atoms with Crippen LogP contribution in [-0.4, -0.2) is 10.6 Å². The summed E-state index contributed by atoms with van der Waals surface area (Å²) in [6.07, 6.45) is 0. The molecule has 1 heterocycles. The van der Waals surface area contributed by atoms with E-state index < -0.39 is 5.91 Å². The maximum Gasteiger partial charge on any atom is 0.267 e. The Kier molecular flexibility index (Phi) is 1.93. The number of nitrogens with zero attached hydrogens (tertiary/aromatic N) is 2. The predicted molar refractivity (Wildman–Crippen MR) is 42.8 cm³/mol. The predicted octanol–water partition coefficient (Wildman–Crippen LogP) is -0.174. The molecule has 0 aliphatic rings. The third-order valence-electron chi connectivity index (χ3n) is 1.35. The first-order chi connectivity index (χ1) is 5.57. The molecule has 1 amide bonds. The summed E-state index contributed by atoms with van der Waals surface area (Å²) in [5.41, 5.74) is 5.09. The Morgan fingerprint density at radius 3 is 2.58 bits per heavy atom. The van der Waals surface area contributed by atoms with Crippen LogP contribution in [0.15, 0.2) is 6.07 Å². The third-order valence-corrected chi connectivity index (χ3v) is 1.73. The van der Waals surface area contributed by atoms with Crippen LogP contribution >= 0.6 is 11.6 Å². The van der Waals surface area contributed by atoms with E-state index in [1.807, 2.05) is 0 Å². The molecule has 4 N–H and O–H groups in total. The van der Waals surface area contributed by atoms with Gasteiger partial charge in [0.15, 0.2) is 0 Å². The van der Waals surface area contributed by atoms with Crippen LogP contribution in [0.5, 0.6) is 0 Å². The molecule has 1 rings (SSSR count). The number of carbonyl (C=O) groups is 1. The lowest BCUT2D eigenvalue weighted by Gasteiger charge is -1.97. The van der Waals surface area contributed by atoms with Crippen molar-refractivity contribution in [3.05, 3.63) is 22.5 Å². The van der Waals surface area contributed by atoms with Gasteiger partial charge in [0, 0.05) is 0 Å². The van der Waals surface area contributed by atoms with E-state index in [4.69, 9.17) is 28.4 Å². The Bertz CT molecular complexity index is 376. The molecule has 0 saturated carbocycles. The number of primary amides is 1. The van der Waals surface area contributed by atoms with E-state index in [0.717, 1.165) is 4.68 Å². The summed E-state index contributed by atoms with van der Waals surface area (Å²) in [4.78, 5) is 10.7. The second kappa shape index (κ2) is 2.75. The molecule has 0 fully saturated rings. The molecule has 0 aromatic carbocycles. The van der Waals surface area contributed by atoms with Gasteiger partial charge < -0.3 is 11.6 Å². The Labute approximate surface area is 73.1 Å². The number of hydrogen-bond donors (Lipinski definition) is 2. The lowest BCUT2D eigenvalue weighted by molar-refractivity contribution is 0.0993. The number of nitrogen functional groups attached to an aromatic ring is 1. The maximum absolute atomic E-state index is 10.7. The van der Waals surface area contributed by atoms with E-state index >= 15 is 0 Å². The molecule has 6 heteroatoms. The van der Waals surface area contributed by atoms with Crippen molar-refractivity contribution in [1.82, 2.24) is 4.68 Å². The number of hydrogen-bond acceptors (Lipinski definition) is 3. The van der Waals surface area contributed by atoms with E-state index in [0.29, 0.717) is 0 Å². The molecule has 0 aliphatic heterocycles. The highest BCUT2D eigenvalue weighted by Gasteiger charge is 2.14. The molecule has 0 bridgehead atoms. The van der Waals surface area contributed by atoms with Gasteiger partial charge in [0.2, 0.25) is 0 Å². The summed E-state index contributed by atoms with van der Waals surface area (Å²) in [5, 5.41) is 8.49. The molecule has 0 aliphatic carbocycles. The molecule has 5 nitrogen and oxygen atoms in total. The van der Waals surface area contributed by atoms with Crippen molar-refractivity contribution in [3.8, 4) is 6.07 Å². The Morgan fingerprint density at radius 2 is 2.33 bits per heavy atom. The molecule has 0 spiro atoms. The molecule has 0 radical (unpaired) electrons. The van der Waals surface area contributed by atoms with Crippen LogP contribution in [-0.2, 0) is 0 Å². The minimum absolute atomic E-state index is 0.00583. The lowest BCUT2D eigenvalue weighted by atomic mass is 10.3. The molecule has 1 aromatic rings. The zero-order chi connectivity index (χ0) is 9.30. The number of halogens is 1. The highest BCUT2D eigenvalue weighted by atomic mass is 35.5. The van der Waals surface area contributed by atoms with Gasteiger partial charge in [-0.3, -0.25) is 4.79 Å². The first-order valence-corrected chi connectivity index (χ1v) is 3.32. The summed E-state index contributed by atoms with van der Waals surface area (Å²) in [6, 6.07) is 3.01. The average Bonchev–Trinajstić information content (AvgIpc) is 2.30. The zero-order valence-electron chi connectivity index (χ0n) is 5.91. The fourth-order valence-corrected chi connectivity index (χ4v) is 0.957. The molecular weight excluding hydrogens is 180 g/mol. The molecule has 0 unspecified atom stereocenters. The first-order valence-electron chi connectivity index (χ1n) is 2.94. The van der Waals surface area contributed by atoms with Crippen molar-refractivity contribution in [2.75, 3.05) is 5.84 Å². The van der Waals surface area contributed by atoms with Gasteiger partial charge in [0.25, 0.3) is 5.91 Å². The van der Waals surface area contributed by atoms with Gasteiger partial charge in [-0.1, -0.05) is 11.6 Å². The monoisotopic (exact) mass is 184 g/mol. The van der Waals surface area contributed by atoms with E-state index in [1.54, 1.807) is 6.07 Å². The van der Waals surface area contributed by atoms with Gasteiger partial charge in [-0.05, 0) is 6.07 Å². The minimum Gasteiger partial charge on any atom is -0.364 e. The van der Waals surface area contributed by atoms with Gasteiger partial charge in [-0.25, -0.2) is 4.68 Å². The van der Waals surface area contributed by atoms with Crippen LogP contribution in [0.3, 0.4) is 0 Å². The van der Waals surface area contributed by atoms with Crippen molar-refractivity contribution in [2.24, 2.45) is 5.73 Å². The molecule has 1 aromatic heterocycles. The summed E-state index contributed by atoms with van der Waals surface area (Å²) in [7, 11) is 0. The Morgan fingerprint density at radius 1 is 1.75 bits per heavy atom. The molecule has 0 saturated heterocycles. The number of nitrogens with two attached hydrogens (primary N) is 2. The van der Waals surface area contributed by atoms with Gasteiger partial charge in [-0.15, -0.1) is 0 Å². The lowest BCUT2D eigenvalue weighted by Crippen LogP contribution is -2.21. The average molecular weight is 185 g/mol. The van der Waals surface area contributed by atoms with Gasteiger partial charge in [-0.2, -0.15) is 5.26 Å². The van der Waals surface area contributed by atoms with Crippen molar-refractivity contribution in [1.29, 1.82) is 5.26 Å². The normalized spacial score (nSPS) is 9.33. The van der Waals surface area contributed by atoms with Crippen LogP contribution in [0.2, 0.25) is 5.15 Å². The molecule has 12 heavy (non-hydrogen) atoms. The highest BCUT2D eigenvalue weighted by Crippen LogP contribution is 2.17. The standard InChI is InChI=1S/C6H5ClN4O/c7-5-3(2-8)1-4(6(9)12)11(5)10/h1H,10H2,(H2,9,12). The first kappa shape index (κ1) is 8.43. The summed E-state index contributed by atoms with van der Waals surface area (Å²) >= 11 is 5.57. The Balaban J connectivity index is 3.37. The SMILES string of the molecule is N#Cc1cc(C(N)=O)n(N)c1Cl. The minimum atomic E-state index is -0.721. The van der Waals surface area contributed by atoms with Crippen molar-refractivity contribution in [3.63, 3.8) is 0 Å². The zero-order valence-corrected chi connectivity index (χ0v) is 6.67. The van der Waals surface area contributed by atoms with Gasteiger partial charge >= 0.3 is 0 Å². The van der Waals surface area contributed by atoms with Crippen molar-refractivity contribution >= 4 is 17.5 Å². The summed E-state index contributed by atoms with van der Waals surface area (Å²) < 4.78 is 0.877. The highest BCUT2D eigenvalue weighted by molar-refractivity contribution is 6.31. The van der Waals surface area contributed by atoms with Crippen LogP contribution < -0.4 is 11.6 Å². The second-order valence-electron chi connectivity index (χ2n) is 2.08. The molecular formula is C6H5ClN4O. The van der Waals surface area contributed by atoms with Crippen LogP contribution in [0.4, 0.5) is 0 Å². The van der Waals surface area contributed by atoms with Crippen LogP contribution in [0, 0.1) is 11.3 Å². The maximum atomic E-state index is 10.7. The number of carbonyl (C=O) groups excluding carboxylic acids is 1. The number of nitriles is 1.